The molecule has 6 nitrogen and oxygen atoms in total. The molecule has 2 rings (SSSR count). The van der Waals surface area contributed by atoms with Gasteiger partial charge in [-0.15, -0.1) is 11.8 Å². The highest BCUT2D eigenvalue weighted by Gasteiger charge is 2.25. The van der Waals surface area contributed by atoms with E-state index in [-0.39, 0.29) is 17.2 Å². The minimum absolute atomic E-state index is 0.0974. The van der Waals surface area contributed by atoms with E-state index in [0.29, 0.717) is 0 Å². The molecular formula is C16H19N3O3S. The first-order valence-corrected chi connectivity index (χ1v) is 7.95. The van der Waals surface area contributed by atoms with Gasteiger partial charge in [0.15, 0.2) is 5.78 Å². The van der Waals surface area contributed by atoms with Crippen LogP contribution in [0, 0.1) is 6.92 Å². The van der Waals surface area contributed by atoms with Crippen molar-refractivity contribution in [3.05, 3.63) is 56.2 Å². The van der Waals surface area contributed by atoms with Gasteiger partial charge in [-0.05, 0) is 26.0 Å². The second-order valence-corrected chi connectivity index (χ2v) is 6.82. The largest absolute Gasteiger partial charge is 0.384 e. The van der Waals surface area contributed by atoms with Crippen molar-refractivity contribution in [1.82, 2.24) is 9.13 Å². The normalized spacial score (nSPS) is 12.2. The molecule has 0 unspecified atom stereocenters. The van der Waals surface area contributed by atoms with Crippen LogP contribution in [0.2, 0.25) is 0 Å². The molecule has 23 heavy (non-hydrogen) atoms. The molecule has 0 radical (unpaired) electrons. The maximum atomic E-state index is 12.7. The van der Waals surface area contributed by atoms with Crippen LogP contribution < -0.4 is 17.0 Å². The van der Waals surface area contributed by atoms with Gasteiger partial charge in [-0.2, -0.15) is 0 Å². The second-order valence-electron chi connectivity index (χ2n) is 5.41. The van der Waals surface area contributed by atoms with Gasteiger partial charge in [-0.3, -0.25) is 18.7 Å². The predicted molar refractivity (Wildman–Crippen MR) is 92.2 cm³/mol. The van der Waals surface area contributed by atoms with Gasteiger partial charge < -0.3 is 5.73 Å². The molecule has 0 spiro atoms. The zero-order valence-corrected chi connectivity index (χ0v) is 14.3. The van der Waals surface area contributed by atoms with Gasteiger partial charge in [-0.25, -0.2) is 4.79 Å². The standard InChI is InChI=1S/C16H19N3O3S/c1-9-6-5-7-11(8-9)23-10(2)13(20)12-14(17)18(3)16(22)19(4)15(12)21/h5-8,10H,17H2,1-4H3/t10-/m1/s1. The Kier molecular flexibility index (Phi) is 4.79. The topological polar surface area (TPSA) is 87.1 Å². The van der Waals surface area contributed by atoms with Gasteiger partial charge >= 0.3 is 5.69 Å². The molecule has 0 amide bonds. The molecule has 0 fully saturated rings. The smallest absolute Gasteiger partial charge is 0.332 e. The lowest BCUT2D eigenvalue weighted by atomic mass is 10.1. The van der Waals surface area contributed by atoms with Crippen LogP contribution in [0.15, 0.2) is 38.8 Å². The van der Waals surface area contributed by atoms with E-state index in [4.69, 9.17) is 5.73 Å². The molecule has 0 saturated heterocycles. The first kappa shape index (κ1) is 17.1. The summed E-state index contributed by atoms with van der Waals surface area (Å²) in [6.45, 7) is 3.69. The number of nitrogens with zero attached hydrogens (tertiary/aromatic N) is 2. The number of nitrogens with two attached hydrogens (primary N) is 1. The number of thioether (sulfide) groups is 1. The highest BCUT2D eigenvalue weighted by atomic mass is 32.2. The molecule has 122 valence electrons. The van der Waals surface area contributed by atoms with E-state index in [1.165, 1.54) is 25.9 Å². The van der Waals surface area contributed by atoms with E-state index in [0.717, 1.165) is 19.6 Å². The van der Waals surface area contributed by atoms with E-state index in [1.807, 2.05) is 31.2 Å². The molecule has 1 aromatic heterocycles. The van der Waals surface area contributed by atoms with Crippen molar-refractivity contribution in [3.63, 3.8) is 0 Å². The number of carbonyl (C=O) groups is 1. The van der Waals surface area contributed by atoms with Gasteiger partial charge in [0.1, 0.15) is 11.4 Å². The molecule has 0 saturated carbocycles. The van der Waals surface area contributed by atoms with Crippen molar-refractivity contribution >= 4 is 23.4 Å². The van der Waals surface area contributed by atoms with Crippen LogP contribution in [-0.2, 0) is 14.1 Å². The molecule has 0 aliphatic heterocycles. The average Bonchev–Trinajstić information content (AvgIpc) is 2.51. The van der Waals surface area contributed by atoms with Gasteiger partial charge in [0.25, 0.3) is 5.56 Å². The summed E-state index contributed by atoms with van der Waals surface area (Å²) in [5.74, 6) is -0.481. The number of rotatable bonds is 4. The van der Waals surface area contributed by atoms with Gasteiger partial charge in [0.2, 0.25) is 0 Å². The summed E-state index contributed by atoms with van der Waals surface area (Å²) >= 11 is 1.35. The lowest BCUT2D eigenvalue weighted by Gasteiger charge is -2.14. The van der Waals surface area contributed by atoms with E-state index >= 15 is 0 Å². The maximum Gasteiger partial charge on any atom is 0.332 e. The van der Waals surface area contributed by atoms with E-state index in [1.54, 1.807) is 6.92 Å². The fourth-order valence-corrected chi connectivity index (χ4v) is 3.29. The number of nitrogen functional groups attached to an aromatic ring is 1. The maximum absolute atomic E-state index is 12.7. The van der Waals surface area contributed by atoms with Crippen molar-refractivity contribution < 1.29 is 4.79 Å². The quantitative estimate of drug-likeness (QED) is 0.674. The van der Waals surface area contributed by atoms with Crippen LogP contribution >= 0.6 is 11.8 Å². The molecule has 1 atom stereocenters. The molecule has 0 bridgehead atoms. The summed E-state index contributed by atoms with van der Waals surface area (Å²) in [5.41, 5.74) is 5.57. The minimum atomic E-state index is -0.660. The Balaban J connectivity index is 2.41. The second kappa shape index (κ2) is 6.45. The first-order chi connectivity index (χ1) is 10.7. The molecule has 7 heteroatoms. The summed E-state index contributed by atoms with van der Waals surface area (Å²) in [6.07, 6.45) is 0. The van der Waals surface area contributed by atoms with Crippen molar-refractivity contribution in [2.45, 2.75) is 24.0 Å². The van der Waals surface area contributed by atoms with Gasteiger partial charge in [0, 0.05) is 19.0 Å². The Hall–Kier alpha value is -2.28. The monoisotopic (exact) mass is 333 g/mol. The van der Waals surface area contributed by atoms with Crippen LogP contribution in [0.5, 0.6) is 0 Å². The lowest BCUT2D eigenvalue weighted by Crippen LogP contribution is -2.42. The van der Waals surface area contributed by atoms with E-state index in [2.05, 4.69) is 0 Å². The highest BCUT2D eigenvalue weighted by molar-refractivity contribution is 8.00. The first-order valence-electron chi connectivity index (χ1n) is 7.07. The lowest BCUT2D eigenvalue weighted by molar-refractivity contribution is 0.0992. The van der Waals surface area contributed by atoms with Crippen molar-refractivity contribution in [1.29, 1.82) is 0 Å². The van der Waals surface area contributed by atoms with Crippen LogP contribution in [0.3, 0.4) is 0 Å². The third-order valence-corrected chi connectivity index (χ3v) is 4.72. The third kappa shape index (κ3) is 3.24. The highest BCUT2D eigenvalue weighted by Crippen LogP contribution is 2.26. The van der Waals surface area contributed by atoms with E-state index < -0.39 is 16.5 Å². The van der Waals surface area contributed by atoms with Crippen molar-refractivity contribution in [2.24, 2.45) is 14.1 Å². The van der Waals surface area contributed by atoms with Crippen LogP contribution in [0.1, 0.15) is 22.8 Å². The number of aryl methyl sites for hydroxylation is 1. The van der Waals surface area contributed by atoms with Crippen LogP contribution in [0.25, 0.3) is 0 Å². The van der Waals surface area contributed by atoms with Crippen LogP contribution in [-0.4, -0.2) is 20.2 Å². The predicted octanol–water partition coefficient (Wildman–Crippen LogP) is 1.34. The number of hydrogen-bond acceptors (Lipinski definition) is 5. The molecule has 2 aromatic rings. The summed E-state index contributed by atoms with van der Waals surface area (Å²) < 4.78 is 2.01. The van der Waals surface area contributed by atoms with Gasteiger partial charge in [-0.1, -0.05) is 17.7 Å². The SMILES string of the molecule is Cc1cccc(S[C@H](C)C(=O)c2c(N)n(C)c(=O)n(C)c2=O)c1. The zero-order valence-electron chi connectivity index (χ0n) is 13.5. The summed E-state index contributed by atoms with van der Waals surface area (Å²) in [5, 5.41) is -0.496. The molecule has 1 heterocycles. The Morgan fingerprint density at radius 1 is 1.22 bits per heavy atom. The van der Waals surface area contributed by atoms with Crippen LogP contribution in [0.4, 0.5) is 5.82 Å². The zero-order chi connectivity index (χ0) is 17.3. The average molecular weight is 333 g/mol. The molecular weight excluding hydrogens is 314 g/mol. The third-order valence-electron chi connectivity index (χ3n) is 3.63. The Morgan fingerprint density at radius 3 is 2.48 bits per heavy atom. The Bertz CT molecular complexity index is 883. The number of carbonyl (C=O) groups excluding carboxylic acids is 1. The number of anilines is 1. The number of benzene rings is 1. The summed E-state index contributed by atoms with van der Waals surface area (Å²) in [4.78, 5) is 37.7. The summed E-state index contributed by atoms with van der Waals surface area (Å²) in [6, 6.07) is 7.76. The molecule has 2 N–H and O–H groups in total. The minimum Gasteiger partial charge on any atom is -0.384 e. The fraction of sp³-hybridized carbons (Fsp3) is 0.312. The number of aromatic nitrogens is 2. The van der Waals surface area contributed by atoms with Crippen molar-refractivity contribution in [3.8, 4) is 0 Å². The van der Waals surface area contributed by atoms with E-state index in [9.17, 15) is 14.4 Å². The van der Waals surface area contributed by atoms with Crippen molar-refractivity contribution in [2.75, 3.05) is 5.73 Å². The fourth-order valence-electron chi connectivity index (χ4n) is 2.24. The number of ketones is 1. The Labute approximate surface area is 137 Å². The molecule has 1 aromatic carbocycles. The number of hydrogen-bond donors (Lipinski definition) is 1. The number of Topliss-reactive ketones (excluding diaryl/α,β-unsaturated/α-hetero) is 1. The Morgan fingerprint density at radius 2 is 1.87 bits per heavy atom. The molecule has 0 aliphatic carbocycles. The van der Waals surface area contributed by atoms with Gasteiger partial charge in [0.05, 0.1) is 5.25 Å². The molecule has 0 aliphatic rings. The summed E-state index contributed by atoms with van der Waals surface area (Å²) in [7, 11) is 2.77.